The molecule has 5 heteroatoms. The molecule has 2 aliphatic rings. The van der Waals surface area contributed by atoms with E-state index in [1.54, 1.807) is 6.92 Å². The Hall–Kier alpha value is -2.40. The number of Topliss-reactive ketones (excluding diaryl/α,β-unsaturated/α-hetero) is 1. The zero-order valence-electron chi connectivity index (χ0n) is 21.0. The number of aromatic nitrogens is 1. The molecular weight excluding hydrogens is 410 g/mol. The molecule has 1 amide bonds. The third-order valence-electron chi connectivity index (χ3n) is 8.86. The van der Waals surface area contributed by atoms with Crippen LogP contribution in [0, 0.1) is 0 Å². The third-order valence-corrected chi connectivity index (χ3v) is 8.86. The zero-order valence-corrected chi connectivity index (χ0v) is 21.0. The highest BCUT2D eigenvalue weighted by molar-refractivity contribution is 5.94. The number of likely N-dealkylation sites (tertiary alicyclic amines) is 1. The van der Waals surface area contributed by atoms with Gasteiger partial charge in [-0.1, -0.05) is 32.9 Å². The van der Waals surface area contributed by atoms with E-state index in [1.165, 1.54) is 11.3 Å². The van der Waals surface area contributed by atoms with Gasteiger partial charge >= 0.3 is 0 Å². The summed E-state index contributed by atoms with van der Waals surface area (Å²) < 4.78 is 2.21. The molecule has 1 fully saturated rings. The Bertz CT molecular complexity index is 1000. The summed E-state index contributed by atoms with van der Waals surface area (Å²) >= 11 is 0. The second kappa shape index (κ2) is 9.09. The number of fused-ring (bicyclic) bond motifs is 2. The average molecular weight is 450 g/mol. The average Bonchev–Trinajstić information content (AvgIpc) is 3.29. The van der Waals surface area contributed by atoms with E-state index in [0.29, 0.717) is 0 Å². The first kappa shape index (κ1) is 23.7. The van der Waals surface area contributed by atoms with Crippen LogP contribution >= 0.6 is 0 Å². The molecule has 1 aromatic carbocycles. The lowest BCUT2D eigenvalue weighted by atomic mass is 9.74. The Morgan fingerprint density at radius 1 is 0.879 bits per heavy atom. The van der Waals surface area contributed by atoms with Gasteiger partial charge in [-0.3, -0.25) is 14.5 Å². The van der Waals surface area contributed by atoms with Gasteiger partial charge in [0, 0.05) is 44.4 Å². The van der Waals surface area contributed by atoms with Crippen LogP contribution < -0.4 is 0 Å². The summed E-state index contributed by atoms with van der Waals surface area (Å²) in [5.74, 6) is 0.250. The summed E-state index contributed by atoms with van der Waals surface area (Å²) in [6.07, 6.45) is 5.12. The van der Waals surface area contributed by atoms with Gasteiger partial charge in [0.25, 0.3) is 5.91 Å². The summed E-state index contributed by atoms with van der Waals surface area (Å²) in [7, 11) is 2.18. The van der Waals surface area contributed by atoms with Crippen molar-refractivity contribution in [3.8, 4) is 0 Å². The molecule has 5 nitrogen and oxygen atoms in total. The van der Waals surface area contributed by atoms with Crippen molar-refractivity contribution in [2.45, 2.75) is 77.3 Å². The smallest absolute Gasteiger partial charge is 0.253 e. The lowest BCUT2D eigenvalue weighted by molar-refractivity contribution is 0.0128. The molecule has 0 unspecified atom stereocenters. The molecule has 3 heterocycles. The highest BCUT2D eigenvalue weighted by Crippen LogP contribution is 2.42. The van der Waals surface area contributed by atoms with Gasteiger partial charge < -0.3 is 9.47 Å². The monoisotopic (exact) mass is 449 g/mol. The van der Waals surface area contributed by atoms with Gasteiger partial charge in [-0.25, -0.2) is 0 Å². The van der Waals surface area contributed by atoms with Crippen LogP contribution in [0.2, 0.25) is 0 Å². The minimum Gasteiger partial charge on any atom is -0.339 e. The molecule has 33 heavy (non-hydrogen) atoms. The number of carbonyl (C=O) groups is 2. The van der Waals surface area contributed by atoms with Gasteiger partial charge in [0.2, 0.25) is 0 Å². The van der Waals surface area contributed by atoms with Gasteiger partial charge in [0.15, 0.2) is 5.78 Å². The fourth-order valence-electron chi connectivity index (χ4n) is 6.31. The van der Waals surface area contributed by atoms with Crippen LogP contribution in [0.5, 0.6) is 0 Å². The standard InChI is InChI=1S/C28H39N3O2/c1-6-27(7-2,8-3)23-11-9-22(10-12-23)26(33)30-17-15-28(16-18-30)25-14-13-24(21(4)32)31(25)20-19-29(28)5/h9-14H,6-8,15-20H2,1-5H3. The van der Waals surface area contributed by atoms with Crippen LogP contribution in [-0.4, -0.2) is 52.7 Å². The van der Waals surface area contributed by atoms with Crippen molar-refractivity contribution in [1.82, 2.24) is 14.4 Å². The number of amides is 1. The number of ketones is 1. The Balaban J connectivity index is 1.51. The van der Waals surface area contributed by atoms with Crippen molar-refractivity contribution in [2.75, 3.05) is 26.7 Å². The predicted octanol–water partition coefficient (Wildman–Crippen LogP) is 5.24. The molecular formula is C28H39N3O2. The maximum absolute atomic E-state index is 13.3. The molecule has 178 valence electrons. The number of hydrogen-bond acceptors (Lipinski definition) is 3. The number of nitrogens with zero attached hydrogens (tertiary/aromatic N) is 3. The largest absolute Gasteiger partial charge is 0.339 e. The molecule has 0 N–H and O–H groups in total. The van der Waals surface area contributed by atoms with Crippen molar-refractivity contribution in [3.63, 3.8) is 0 Å². The summed E-state index contributed by atoms with van der Waals surface area (Å²) in [5.41, 5.74) is 4.26. The molecule has 0 radical (unpaired) electrons. The first-order valence-corrected chi connectivity index (χ1v) is 12.6. The van der Waals surface area contributed by atoms with E-state index >= 15 is 0 Å². The minimum absolute atomic E-state index is 0.102. The van der Waals surface area contributed by atoms with Crippen LogP contribution in [0.1, 0.15) is 91.9 Å². The molecule has 2 aromatic rings. The van der Waals surface area contributed by atoms with E-state index in [-0.39, 0.29) is 22.6 Å². The fraction of sp³-hybridized carbons (Fsp3) is 0.571. The minimum atomic E-state index is -0.102. The van der Waals surface area contributed by atoms with E-state index in [4.69, 9.17) is 0 Å². The van der Waals surface area contributed by atoms with Crippen molar-refractivity contribution >= 4 is 11.7 Å². The Morgan fingerprint density at radius 2 is 1.48 bits per heavy atom. The van der Waals surface area contributed by atoms with E-state index in [9.17, 15) is 9.59 Å². The lowest BCUT2D eigenvalue weighted by Gasteiger charge is -2.50. The summed E-state index contributed by atoms with van der Waals surface area (Å²) in [6, 6.07) is 12.5. The molecule has 4 rings (SSSR count). The second-order valence-electron chi connectivity index (χ2n) is 9.98. The lowest BCUT2D eigenvalue weighted by Crippen LogP contribution is -2.56. The van der Waals surface area contributed by atoms with E-state index in [1.807, 2.05) is 23.1 Å². The number of carbonyl (C=O) groups excluding carboxylic acids is 2. The Morgan fingerprint density at radius 3 is 2.03 bits per heavy atom. The highest BCUT2D eigenvalue weighted by Gasteiger charge is 2.45. The van der Waals surface area contributed by atoms with Crippen molar-refractivity contribution in [1.29, 1.82) is 0 Å². The SMILES string of the molecule is CCC(CC)(CC)c1ccc(C(=O)N2CCC3(CC2)c2ccc(C(C)=O)n2CCN3C)cc1. The molecule has 0 bridgehead atoms. The molecule has 0 saturated carbocycles. The number of benzene rings is 1. The maximum Gasteiger partial charge on any atom is 0.253 e. The third kappa shape index (κ3) is 3.84. The van der Waals surface area contributed by atoms with Crippen LogP contribution in [0.15, 0.2) is 36.4 Å². The van der Waals surface area contributed by atoms with Crippen molar-refractivity contribution in [2.24, 2.45) is 0 Å². The molecule has 2 aliphatic heterocycles. The van der Waals surface area contributed by atoms with Crippen LogP contribution in [0.4, 0.5) is 0 Å². The molecule has 1 spiro atoms. The summed E-state index contributed by atoms with van der Waals surface area (Å²) in [5, 5.41) is 0. The highest BCUT2D eigenvalue weighted by atomic mass is 16.2. The Labute approximate surface area is 198 Å². The van der Waals surface area contributed by atoms with Crippen LogP contribution in [0.25, 0.3) is 0 Å². The first-order valence-electron chi connectivity index (χ1n) is 12.6. The van der Waals surface area contributed by atoms with E-state index in [0.717, 1.165) is 69.5 Å². The van der Waals surface area contributed by atoms with E-state index < -0.39 is 0 Å². The predicted molar refractivity (Wildman–Crippen MR) is 133 cm³/mol. The topological polar surface area (TPSA) is 45.6 Å². The van der Waals surface area contributed by atoms with Gasteiger partial charge in [-0.15, -0.1) is 0 Å². The molecule has 0 aliphatic carbocycles. The quantitative estimate of drug-likeness (QED) is 0.567. The van der Waals surface area contributed by atoms with E-state index in [2.05, 4.69) is 55.5 Å². The molecule has 1 aromatic heterocycles. The van der Waals surface area contributed by atoms with Crippen LogP contribution in [0.3, 0.4) is 0 Å². The molecule has 0 atom stereocenters. The van der Waals surface area contributed by atoms with Crippen molar-refractivity contribution in [3.05, 3.63) is 58.9 Å². The van der Waals surface area contributed by atoms with Gasteiger partial charge in [-0.05, 0) is 74.4 Å². The maximum atomic E-state index is 13.3. The summed E-state index contributed by atoms with van der Waals surface area (Å²) in [6.45, 7) is 11.6. The van der Waals surface area contributed by atoms with Gasteiger partial charge in [-0.2, -0.15) is 0 Å². The number of hydrogen-bond donors (Lipinski definition) is 0. The number of piperidine rings is 1. The summed E-state index contributed by atoms with van der Waals surface area (Å²) in [4.78, 5) is 29.9. The normalized spacial score (nSPS) is 18.4. The Kier molecular flexibility index (Phi) is 6.54. The van der Waals surface area contributed by atoms with Crippen molar-refractivity contribution < 1.29 is 9.59 Å². The first-order chi connectivity index (χ1) is 15.8. The molecule has 1 saturated heterocycles. The number of likely N-dealkylation sites (N-methyl/N-ethyl adjacent to an activating group) is 1. The fourth-order valence-corrected chi connectivity index (χ4v) is 6.31. The van der Waals surface area contributed by atoms with Gasteiger partial charge in [0.1, 0.15) is 0 Å². The second-order valence-corrected chi connectivity index (χ2v) is 9.98. The number of rotatable bonds is 6. The zero-order chi connectivity index (χ0) is 23.8. The van der Waals surface area contributed by atoms with Crippen LogP contribution in [-0.2, 0) is 17.5 Å². The van der Waals surface area contributed by atoms with Gasteiger partial charge in [0.05, 0.1) is 11.2 Å².